The van der Waals surface area contributed by atoms with Crippen molar-refractivity contribution in [3.63, 3.8) is 0 Å². The van der Waals surface area contributed by atoms with E-state index in [1.807, 2.05) is 19.1 Å². The SMILES string of the molecule is Cc1c(CCC(=O)O)ccc(OCC2=C(C3=CCOCC3)CCC2)c1C. The van der Waals surface area contributed by atoms with Crippen LogP contribution in [0.5, 0.6) is 5.75 Å². The van der Waals surface area contributed by atoms with Gasteiger partial charge in [0.2, 0.25) is 0 Å². The monoisotopic (exact) mass is 356 g/mol. The van der Waals surface area contributed by atoms with Crippen molar-refractivity contribution in [1.29, 1.82) is 0 Å². The molecule has 2 aliphatic rings. The summed E-state index contributed by atoms with van der Waals surface area (Å²) in [6, 6.07) is 3.99. The maximum Gasteiger partial charge on any atom is 0.303 e. The predicted octanol–water partition coefficient (Wildman–Crippen LogP) is 4.53. The van der Waals surface area contributed by atoms with E-state index in [-0.39, 0.29) is 6.42 Å². The van der Waals surface area contributed by atoms with Crippen molar-refractivity contribution >= 4 is 5.97 Å². The maximum absolute atomic E-state index is 10.8. The molecule has 4 nitrogen and oxygen atoms in total. The Kier molecular flexibility index (Phi) is 6.15. The number of aryl methyl sites for hydroxylation is 1. The molecule has 1 aliphatic carbocycles. The smallest absolute Gasteiger partial charge is 0.303 e. The van der Waals surface area contributed by atoms with Crippen molar-refractivity contribution in [3.8, 4) is 5.75 Å². The van der Waals surface area contributed by atoms with E-state index in [1.54, 1.807) is 0 Å². The van der Waals surface area contributed by atoms with Gasteiger partial charge >= 0.3 is 5.97 Å². The summed E-state index contributed by atoms with van der Waals surface area (Å²) < 4.78 is 11.6. The first-order valence-corrected chi connectivity index (χ1v) is 9.48. The molecule has 0 amide bonds. The number of rotatable bonds is 7. The quantitative estimate of drug-likeness (QED) is 0.780. The Bertz CT molecular complexity index is 743. The summed E-state index contributed by atoms with van der Waals surface area (Å²) >= 11 is 0. The van der Waals surface area contributed by atoms with E-state index >= 15 is 0 Å². The van der Waals surface area contributed by atoms with Crippen LogP contribution in [-0.4, -0.2) is 30.9 Å². The largest absolute Gasteiger partial charge is 0.489 e. The third kappa shape index (κ3) is 4.36. The molecule has 0 atom stereocenters. The van der Waals surface area contributed by atoms with Crippen LogP contribution < -0.4 is 4.74 Å². The van der Waals surface area contributed by atoms with Crippen LogP contribution in [0, 0.1) is 13.8 Å². The first-order chi connectivity index (χ1) is 12.6. The molecule has 1 heterocycles. The number of carboxylic acids is 1. The lowest BCUT2D eigenvalue weighted by atomic mass is 9.98. The summed E-state index contributed by atoms with van der Waals surface area (Å²) in [5, 5.41) is 8.89. The minimum absolute atomic E-state index is 0.162. The lowest BCUT2D eigenvalue weighted by Gasteiger charge is -2.18. The van der Waals surface area contributed by atoms with E-state index in [4.69, 9.17) is 14.6 Å². The van der Waals surface area contributed by atoms with Crippen molar-refractivity contribution in [3.05, 3.63) is 51.6 Å². The van der Waals surface area contributed by atoms with Gasteiger partial charge in [0.25, 0.3) is 0 Å². The van der Waals surface area contributed by atoms with Gasteiger partial charge in [0.1, 0.15) is 12.4 Å². The third-order valence-corrected chi connectivity index (χ3v) is 5.54. The minimum atomic E-state index is -0.759. The van der Waals surface area contributed by atoms with Crippen LogP contribution in [0.25, 0.3) is 0 Å². The van der Waals surface area contributed by atoms with E-state index < -0.39 is 5.97 Å². The summed E-state index contributed by atoms with van der Waals surface area (Å²) in [7, 11) is 0. The first kappa shape index (κ1) is 18.7. The summed E-state index contributed by atoms with van der Waals surface area (Å²) in [6.45, 7) is 6.29. The number of aliphatic carboxylic acids is 1. The Morgan fingerprint density at radius 2 is 2.04 bits per heavy atom. The molecule has 0 aromatic heterocycles. The van der Waals surface area contributed by atoms with Crippen molar-refractivity contribution in [2.45, 2.75) is 52.4 Å². The standard InChI is InChI=1S/C22H28O4/c1-15-16(2)21(8-6-17(15)7-9-22(23)24)26-14-19-4-3-5-20(19)18-10-12-25-13-11-18/h6,8,10H,3-5,7,9,11-14H2,1-2H3,(H,23,24). The highest BCUT2D eigenvalue weighted by atomic mass is 16.5. The topological polar surface area (TPSA) is 55.8 Å². The second-order valence-corrected chi connectivity index (χ2v) is 7.15. The average Bonchev–Trinajstić information content (AvgIpc) is 3.11. The number of hydrogen-bond donors (Lipinski definition) is 1. The fourth-order valence-electron chi connectivity index (χ4n) is 3.84. The van der Waals surface area contributed by atoms with Crippen molar-refractivity contribution in [2.24, 2.45) is 0 Å². The normalized spacial score (nSPS) is 17.4. The molecule has 1 aliphatic heterocycles. The molecule has 0 fully saturated rings. The molecule has 0 saturated heterocycles. The summed E-state index contributed by atoms with van der Waals surface area (Å²) in [6.07, 6.45) is 7.42. The Balaban J connectivity index is 1.70. The Labute approximate surface area is 155 Å². The van der Waals surface area contributed by atoms with Crippen LogP contribution in [0.4, 0.5) is 0 Å². The third-order valence-electron chi connectivity index (χ3n) is 5.54. The van der Waals surface area contributed by atoms with Gasteiger partial charge in [-0.2, -0.15) is 0 Å². The Morgan fingerprint density at radius 1 is 1.19 bits per heavy atom. The van der Waals surface area contributed by atoms with Gasteiger partial charge in [0.15, 0.2) is 0 Å². The molecule has 1 aromatic rings. The number of hydrogen-bond acceptors (Lipinski definition) is 3. The average molecular weight is 356 g/mol. The summed E-state index contributed by atoms with van der Waals surface area (Å²) in [5.41, 5.74) is 7.69. The van der Waals surface area contributed by atoms with Gasteiger partial charge in [0.05, 0.1) is 13.2 Å². The van der Waals surface area contributed by atoms with Gasteiger partial charge in [-0.15, -0.1) is 0 Å². The zero-order valence-electron chi connectivity index (χ0n) is 15.8. The van der Waals surface area contributed by atoms with Gasteiger partial charge < -0.3 is 14.6 Å². The molecule has 0 radical (unpaired) electrons. The first-order valence-electron chi connectivity index (χ1n) is 9.48. The van der Waals surface area contributed by atoms with Crippen molar-refractivity contribution in [2.75, 3.05) is 19.8 Å². The summed E-state index contributed by atoms with van der Waals surface area (Å²) in [4.78, 5) is 10.8. The van der Waals surface area contributed by atoms with Gasteiger partial charge in [-0.05, 0) is 85.4 Å². The molecule has 0 unspecified atom stereocenters. The van der Waals surface area contributed by atoms with E-state index in [0.717, 1.165) is 54.9 Å². The summed E-state index contributed by atoms with van der Waals surface area (Å²) in [5.74, 6) is 0.145. The van der Waals surface area contributed by atoms with Crippen LogP contribution in [-0.2, 0) is 16.0 Å². The van der Waals surface area contributed by atoms with E-state index in [1.165, 1.54) is 23.1 Å². The molecule has 0 spiro atoms. The molecular weight excluding hydrogens is 328 g/mol. The van der Waals surface area contributed by atoms with Crippen molar-refractivity contribution in [1.82, 2.24) is 0 Å². The molecule has 3 rings (SSSR count). The van der Waals surface area contributed by atoms with Gasteiger partial charge in [0, 0.05) is 6.42 Å². The molecule has 0 bridgehead atoms. The number of carbonyl (C=O) groups is 1. The molecule has 1 aromatic carbocycles. The zero-order valence-corrected chi connectivity index (χ0v) is 15.8. The lowest BCUT2D eigenvalue weighted by molar-refractivity contribution is -0.136. The molecule has 140 valence electrons. The predicted molar refractivity (Wildman–Crippen MR) is 102 cm³/mol. The minimum Gasteiger partial charge on any atom is -0.489 e. The lowest BCUT2D eigenvalue weighted by Crippen LogP contribution is -2.09. The Morgan fingerprint density at radius 3 is 2.77 bits per heavy atom. The van der Waals surface area contributed by atoms with E-state index in [9.17, 15) is 4.79 Å². The van der Waals surface area contributed by atoms with Gasteiger partial charge in [-0.1, -0.05) is 12.1 Å². The second-order valence-electron chi connectivity index (χ2n) is 7.15. The number of allylic oxidation sites excluding steroid dienone is 1. The van der Waals surface area contributed by atoms with Crippen molar-refractivity contribution < 1.29 is 19.4 Å². The highest BCUT2D eigenvalue weighted by Crippen LogP contribution is 2.34. The van der Waals surface area contributed by atoms with Crippen LogP contribution in [0.1, 0.15) is 48.8 Å². The fraction of sp³-hybridized carbons (Fsp3) is 0.500. The molecule has 0 saturated carbocycles. The molecule has 26 heavy (non-hydrogen) atoms. The molecule has 4 heteroatoms. The number of ether oxygens (including phenoxy) is 2. The Hall–Kier alpha value is -2.07. The van der Waals surface area contributed by atoms with Crippen LogP contribution in [0.2, 0.25) is 0 Å². The van der Waals surface area contributed by atoms with E-state index in [2.05, 4.69) is 13.0 Å². The van der Waals surface area contributed by atoms with Crippen LogP contribution in [0.3, 0.4) is 0 Å². The number of carboxylic acid groups (broad SMARTS) is 1. The second kappa shape index (κ2) is 8.54. The van der Waals surface area contributed by atoms with Gasteiger partial charge in [-0.3, -0.25) is 4.79 Å². The highest BCUT2D eigenvalue weighted by molar-refractivity contribution is 5.67. The molecular formula is C22H28O4. The van der Waals surface area contributed by atoms with E-state index in [0.29, 0.717) is 13.0 Å². The molecule has 1 N–H and O–H groups in total. The fourth-order valence-corrected chi connectivity index (χ4v) is 3.84. The zero-order chi connectivity index (χ0) is 18.5. The number of benzene rings is 1. The van der Waals surface area contributed by atoms with Gasteiger partial charge in [-0.25, -0.2) is 0 Å². The van der Waals surface area contributed by atoms with Crippen LogP contribution in [0.15, 0.2) is 34.9 Å². The maximum atomic E-state index is 10.8. The highest BCUT2D eigenvalue weighted by Gasteiger charge is 2.20. The van der Waals surface area contributed by atoms with Crippen LogP contribution >= 0.6 is 0 Å².